The number of rotatable bonds is 4. The van der Waals surface area contributed by atoms with Crippen LogP contribution in [0.1, 0.15) is 0 Å². The minimum absolute atomic E-state index is 0.598. The molecule has 2 N–H and O–H groups in total. The van der Waals surface area contributed by atoms with E-state index in [0.717, 1.165) is 5.69 Å². The molecule has 1 rings (SSSR count). The molecule has 0 aromatic heterocycles. The van der Waals surface area contributed by atoms with Gasteiger partial charge in [0.15, 0.2) is 11.5 Å². The predicted octanol–water partition coefficient (Wildman–Crippen LogP) is 0.699. The zero-order valence-corrected chi connectivity index (χ0v) is 8.66. The minimum atomic E-state index is 0.598. The van der Waals surface area contributed by atoms with Gasteiger partial charge >= 0.3 is 0 Å². The second-order valence-corrected chi connectivity index (χ2v) is 2.66. The summed E-state index contributed by atoms with van der Waals surface area (Å²) in [5.41, 5.74) is 0.930. The summed E-state index contributed by atoms with van der Waals surface area (Å²) in [7, 11) is 8.44. The summed E-state index contributed by atoms with van der Waals surface area (Å²) in [6.07, 6.45) is 0. The molecule has 4 heteroatoms. The van der Waals surface area contributed by atoms with Gasteiger partial charge in [0.1, 0.15) is 5.69 Å². The fourth-order valence-corrected chi connectivity index (χ4v) is 1.22. The molecule has 0 aliphatic carbocycles. The standard InChI is InChI=1S/C10H15NO3/c1-11-7-5-8(12-2)10(14-4)9(6-7)13-3/h5-6H,1,11H2,2-4H3. The molecule has 1 aromatic rings. The smallest absolute Gasteiger partial charge is 0.203 e. The molecule has 0 aliphatic heterocycles. The van der Waals surface area contributed by atoms with Gasteiger partial charge in [-0.2, -0.15) is 0 Å². The lowest BCUT2D eigenvalue weighted by Crippen LogP contribution is -2.69. The highest BCUT2D eigenvalue weighted by Gasteiger charge is 2.13. The first kappa shape index (κ1) is 10.7. The topological polar surface area (TPSA) is 44.3 Å². The van der Waals surface area contributed by atoms with Gasteiger partial charge < -0.3 is 19.5 Å². The molecule has 0 saturated heterocycles. The highest BCUT2D eigenvalue weighted by molar-refractivity contribution is 5.57. The van der Waals surface area contributed by atoms with Crippen molar-refractivity contribution in [3.63, 3.8) is 0 Å². The molecule has 0 amide bonds. The van der Waals surface area contributed by atoms with Crippen LogP contribution >= 0.6 is 0 Å². The van der Waals surface area contributed by atoms with Crippen molar-refractivity contribution in [2.45, 2.75) is 0 Å². The molecule has 0 atom stereocenters. The van der Waals surface area contributed by atoms with Gasteiger partial charge in [0, 0.05) is 12.1 Å². The number of hydrogen-bond acceptors (Lipinski definition) is 3. The summed E-state index contributed by atoms with van der Waals surface area (Å²) < 4.78 is 15.5. The van der Waals surface area contributed by atoms with E-state index >= 15 is 0 Å². The maximum absolute atomic E-state index is 5.17. The van der Waals surface area contributed by atoms with Gasteiger partial charge in [-0.3, -0.25) is 0 Å². The van der Waals surface area contributed by atoms with Crippen LogP contribution in [0, 0.1) is 7.05 Å². The van der Waals surface area contributed by atoms with Crippen molar-refractivity contribution in [1.82, 2.24) is 0 Å². The second-order valence-electron chi connectivity index (χ2n) is 2.66. The average molecular weight is 197 g/mol. The molecule has 78 valence electrons. The fraction of sp³-hybridized carbons (Fsp3) is 0.300. The molecule has 14 heavy (non-hydrogen) atoms. The molecule has 0 radical (unpaired) electrons. The Balaban J connectivity index is 3.24. The first-order valence-electron chi connectivity index (χ1n) is 4.19. The van der Waals surface area contributed by atoms with Crippen molar-refractivity contribution in [3.05, 3.63) is 19.2 Å². The summed E-state index contributed by atoms with van der Waals surface area (Å²) in [5.74, 6) is 1.88. The normalized spacial score (nSPS) is 9.71. The first-order valence-corrected chi connectivity index (χ1v) is 4.19. The zero-order valence-electron chi connectivity index (χ0n) is 8.66. The van der Waals surface area contributed by atoms with Crippen LogP contribution in [0.3, 0.4) is 0 Å². The first-order chi connectivity index (χ1) is 6.76. The maximum atomic E-state index is 5.17. The molecule has 0 bridgehead atoms. The van der Waals surface area contributed by atoms with E-state index in [1.165, 1.54) is 0 Å². The third-order valence-electron chi connectivity index (χ3n) is 1.92. The highest BCUT2D eigenvalue weighted by Crippen LogP contribution is 2.38. The van der Waals surface area contributed by atoms with Crippen LogP contribution in [-0.4, -0.2) is 21.3 Å². The van der Waals surface area contributed by atoms with E-state index in [0.29, 0.717) is 17.2 Å². The van der Waals surface area contributed by atoms with E-state index in [4.69, 9.17) is 14.2 Å². The molecular weight excluding hydrogens is 182 g/mol. The zero-order chi connectivity index (χ0) is 10.6. The number of ether oxygens (including phenoxy) is 3. The number of benzene rings is 1. The molecule has 4 nitrogen and oxygen atoms in total. The quantitative estimate of drug-likeness (QED) is 0.570. The van der Waals surface area contributed by atoms with Gasteiger partial charge in [-0.1, -0.05) is 0 Å². The third kappa shape index (κ3) is 1.90. The Kier molecular flexibility index (Phi) is 3.59. The van der Waals surface area contributed by atoms with Crippen LogP contribution in [0.15, 0.2) is 12.1 Å². The lowest BCUT2D eigenvalue weighted by atomic mass is 10.2. The number of methoxy groups -OCH3 is 3. The minimum Gasteiger partial charge on any atom is -0.492 e. The lowest BCUT2D eigenvalue weighted by Gasteiger charge is -2.13. The van der Waals surface area contributed by atoms with E-state index in [1.54, 1.807) is 26.6 Å². The highest BCUT2D eigenvalue weighted by atomic mass is 16.5. The van der Waals surface area contributed by atoms with E-state index in [-0.39, 0.29) is 0 Å². The summed E-state index contributed by atoms with van der Waals surface area (Å²) in [6, 6.07) is 3.68. The average Bonchev–Trinajstić information content (AvgIpc) is 2.26. The van der Waals surface area contributed by atoms with E-state index in [9.17, 15) is 0 Å². The Morgan fingerprint density at radius 2 is 1.50 bits per heavy atom. The maximum Gasteiger partial charge on any atom is 0.203 e. The molecule has 0 unspecified atom stereocenters. The van der Waals surface area contributed by atoms with Crippen molar-refractivity contribution in [2.24, 2.45) is 0 Å². The Labute approximate surface area is 83.8 Å². The number of nitrogens with two attached hydrogens (primary N) is 1. The van der Waals surface area contributed by atoms with Gasteiger partial charge in [0.25, 0.3) is 0 Å². The van der Waals surface area contributed by atoms with E-state index in [2.05, 4.69) is 7.05 Å². The Morgan fingerprint density at radius 3 is 1.79 bits per heavy atom. The Morgan fingerprint density at radius 1 is 1.00 bits per heavy atom. The Hall–Kier alpha value is -1.42. The van der Waals surface area contributed by atoms with Crippen LogP contribution in [0.25, 0.3) is 0 Å². The van der Waals surface area contributed by atoms with Gasteiger partial charge in [0.05, 0.1) is 21.3 Å². The lowest BCUT2D eigenvalue weighted by molar-refractivity contribution is -0.504. The molecule has 0 spiro atoms. The van der Waals surface area contributed by atoms with E-state index < -0.39 is 0 Å². The number of quaternary nitrogens is 1. The van der Waals surface area contributed by atoms with Crippen molar-refractivity contribution < 1.29 is 19.5 Å². The fourth-order valence-electron chi connectivity index (χ4n) is 1.22. The summed E-state index contributed by atoms with van der Waals surface area (Å²) in [6.45, 7) is 0. The largest absolute Gasteiger partial charge is 0.492 e. The van der Waals surface area contributed by atoms with Crippen LogP contribution in [-0.2, 0) is 0 Å². The molecule has 1 aromatic carbocycles. The summed E-state index contributed by atoms with van der Waals surface area (Å²) in [4.78, 5) is 0. The SMILES string of the molecule is [CH2-][NH2+]c1cc(OC)c(OC)c(OC)c1. The van der Waals surface area contributed by atoms with Gasteiger partial charge in [0.2, 0.25) is 5.75 Å². The number of hydrogen-bond donors (Lipinski definition) is 1. The van der Waals surface area contributed by atoms with Crippen molar-refractivity contribution in [3.8, 4) is 17.2 Å². The summed E-state index contributed by atoms with van der Waals surface area (Å²) in [5, 5.41) is 1.73. The van der Waals surface area contributed by atoms with Crippen LogP contribution in [0.4, 0.5) is 5.69 Å². The van der Waals surface area contributed by atoms with Gasteiger partial charge in [-0.25, -0.2) is 0 Å². The van der Waals surface area contributed by atoms with Crippen LogP contribution in [0.5, 0.6) is 17.2 Å². The predicted molar refractivity (Wildman–Crippen MR) is 53.0 cm³/mol. The second kappa shape index (κ2) is 4.72. The Bertz CT molecular complexity index is 287. The molecule has 0 fully saturated rings. The monoisotopic (exact) mass is 197 g/mol. The van der Waals surface area contributed by atoms with Crippen molar-refractivity contribution >= 4 is 5.69 Å². The molecular formula is C10H15NO3. The summed E-state index contributed by atoms with van der Waals surface area (Å²) >= 11 is 0. The third-order valence-corrected chi connectivity index (χ3v) is 1.92. The van der Waals surface area contributed by atoms with Gasteiger partial charge in [-0.05, 0) is 0 Å². The van der Waals surface area contributed by atoms with Gasteiger partial charge in [-0.15, -0.1) is 7.05 Å². The van der Waals surface area contributed by atoms with Crippen LogP contribution < -0.4 is 19.5 Å². The van der Waals surface area contributed by atoms with Crippen molar-refractivity contribution in [2.75, 3.05) is 21.3 Å². The molecule has 0 aliphatic rings. The van der Waals surface area contributed by atoms with E-state index in [1.807, 2.05) is 12.1 Å². The van der Waals surface area contributed by atoms with Crippen molar-refractivity contribution in [1.29, 1.82) is 0 Å². The van der Waals surface area contributed by atoms with Crippen LogP contribution in [0.2, 0.25) is 0 Å². The molecule has 0 saturated carbocycles. The molecule has 0 heterocycles.